The first kappa shape index (κ1) is 22.4. The van der Waals surface area contributed by atoms with Crippen LogP contribution in [0.2, 0.25) is 5.02 Å². The lowest BCUT2D eigenvalue weighted by Crippen LogP contribution is -2.15. The largest absolute Gasteiger partial charge is 0.346 e. The van der Waals surface area contributed by atoms with Gasteiger partial charge in [-0.15, -0.1) is 0 Å². The van der Waals surface area contributed by atoms with Gasteiger partial charge in [0, 0.05) is 34.1 Å². The number of H-pyrrole nitrogens is 2. The number of rotatable bonds is 5. The Labute approximate surface area is 205 Å². The smallest absolute Gasteiger partial charge is 0.257 e. The van der Waals surface area contributed by atoms with Gasteiger partial charge < -0.3 is 15.6 Å². The molecule has 0 fully saturated rings. The second kappa shape index (κ2) is 9.08. The van der Waals surface area contributed by atoms with Crippen molar-refractivity contribution in [3.05, 3.63) is 94.5 Å². The molecule has 3 heterocycles. The highest BCUT2D eigenvalue weighted by atomic mass is 35.5. The zero-order chi connectivity index (χ0) is 24.5. The summed E-state index contributed by atoms with van der Waals surface area (Å²) < 4.78 is 0. The molecule has 0 aliphatic heterocycles. The third-order valence-corrected chi connectivity index (χ3v) is 6.02. The molecule has 5 rings (SSSR count). The summed E-state index contributed by atoms with van der Waals surface area (Å²) in [6.07, 6.45) is 3.34. The number of carbonyl (C=O) groups excluding carboxylic acids is 2. The summed E-state index contributed by atoms with van der Waals surface area (Å²) in [6, 6.07) is 15.7. The maximum atomic E-state index is 12.9. The van der Waals surface area contributed by atoms with Crippen LogP contribution in [0.15, 0.2) is 67.0 Å². The topological polar surface area (TPSA) is 116 Å². The fourth-order valence-corrected chi connectivity index (χ4v) is 4.15. The number of anilines is 2. The Bertz CT molecular complexity index is 1550. The van der Waals surface area contributed by atoms with Gasteiger partial charge in [0.15, 0.2) is 0 Å². The first-order chi connectivity index (χ1) is 16.9. The van der Waals surface area contributed by atoms with Crippen molar-refractivity contribution >= 4 is 45.8 Å². The number of aryl methyl sites for hydroxylation is 2. The summed E-state index contributed by atoms with van der Waals surface area (Å²) >= 11 is 6.28. The second-order valence-electron chi connectivity index (χ2n) is 8.13. The molecule has 0 saturated heterocycles. The summed E-state index contributed by atoms with van der Waals surface area (Å²) in [5.74, 6) is -0.703. The van der Waals surface area contributed by atoms with Crippen LogP contribution in [-0.2, 0) is 0 Å². The Hall–Kier alpha value is -4.43. The van der Waals surface area contributed by atoms with Gasteiger partial charge in [0.25, 0.3) is 11.8 Å². The Balaban J connectivity index is 1.31. The molecule has 0 saturated carbocycles. The van der Waals surface area contributed by atoms with E-state index >= 15 is 0 Å². The van der Waals surface area contributed by atoms with Crippen LogP contribution in [0.25, 0.3) is 22.2 Å². The van der Waals surface area contributed by atoms with Gasteiger partial charge in [0.2, 0.25) is 0 Å². The van der Waals surface area contributed by atoms with E-state index in [-0.39, 0.29) is 16.5 Å². The van der Waals surface area contributed by atoms with Crippen LogP contribution < -0.4 is 10.6 Å². The monoisotopic (exact) mass is 484 g/mol. The maximum absolute atomic E-state index is 12.9. The number of aromatic amines is 2. The average Bonchev–Trinajstić information content (AvgIpc) is 3.45. The van der Waals surface area contributed by atoms with Crippen LogP contribution >= 0.6 is 11.6 Å². The van der Waals surface area contributed by atoms with E-state index in [0.717, 1.165) is 33.5 Å². The molecule has 2 amide bonds. The van der Waals surface area contributed by atoms with Crippen LogP contribution in [0.1, 0.15) is 32.1 Å². The van der Waals surface area contributed by atoms with Crippen molar-refractivity contribution in [3.63, 3.8) is 0 Å². The second-order valence-corrected chi connectivity index (χ2v) is 8.54. The Morgan fingerprint density at radius 1 is 0.914 bits per heavy atom. The molecule has 0 aliphatic rings. The maximum Gasteiger partial charge on any atom is 0.257 e. The molecule has 0 radical (unpaired) electrons. The van der Waals surface area contributed by atoms with E-state index in [4.69, 9.17) is 11.6 Å². The van der Waals surface area contributed by atoms with Gasteiger partial charge in [-0.2, -0.15) is 5.10 Å². The number of amides is 2. The lowest BCUT2D eigenvalue weighted by molar-refractivity contribution is 0.101. The molecule has 0 aliphatic carbocycles. The number of halogens is 1. The third-order valence-electron chi connectivity index (χ3n) is 5.69. The van der Waals surface area contributed by atoms with E-state index in [1.165, 1.54) is 0 Å². The van der Waals surface area contributed by atoms with Crippen molar-refractivity contribution in [2.45, 2.75) is 13.8 Å². The molecular formula is C26H21ClN6O2. The summed E-state index contributed by atoms with van der Waals surface area (Å²) in [4.78, 5) is 33.0. The standard InChI is InChI=1S/C26H21ClN6O2/c1-14-23(15(2)33-32-14)16-3-5-17(6-4-16)25(34)30-19-7-8-22(27)21(12-19)26(35)31-20-11-18-9-10-28-24(18)29-13-20/h3-13H,1-2H3,(H,28,29)(H,30,34)(H,31,35)(H,32,33). The van der Waals surface area contributed by atoms with Gasteiger partial charge in [-0.05, 0) is 61.9 Å². The van der Waals surface area contributed by atoms with Gasteiger partial charge in [0.1, 0.15) is 5.65 Å². The number of hydrogen-bond acceptors (Lipinski definition) is 4. The molecule has 174 valence electrons. The summed E-state index contributed by atoms with van der Waals surface area (Å²) in [7, 11) is 0. The molecular weight excluding hydrogens is 464 g/mol. The zero-order valence-electron chi connectivity index (χ0n) is 18.9. The Morgan fingerprint density at radius 3 is 2.43 bits per heavy atom. The highest BCUT2D eigenvalue weighted by Gasteiger charge is 2.15. The van der Waals surface area contributed by atoms with Crippen LogP contribution in [0.5, 0.6) is 0 Å². The number of hydrogen-bond donors (Lipinski definition) is 4. The summed E-state index contributed by atoms with van der Waals surface area (Å²) in [5.41, 5.74) is 6.31. The van der Waals surface area contributed by atoms with Crippen molar-refractivity contribution in [2.75, 3.05) is 10.6 Å². The number of benzene rings is 2. The number of fused-ring (bicyclic) bond motifs is 1. The molecule has 4 N–H and O–H groups in total. The molecule has 8 nitrogen and oxygen atoms in total. The van der Waals surface area contributed by atoms with Gasteiger partial charge in [-0.3, -0.25) is 14.7 Å². The molecule has 0 bridgehead atoms. The van der Waals surface area contributed by atoms with Crippen LogP contribution in [0, 0.1) is 13.8 Å². The molecule has 35 heavy (non-hydrogen) atoms. The molecule has 5 aromatic rings. The van der Waals surface area contributed by atoms with Gasteiger partial charge in [-0.25, -0.2) is 4.98 Å². The van der Waals surface area contributed by atoms with Crippen molar-refractivity contribution in [1.29, 1.82) is 0 Å². The quantitative estimate of drug-likeness (QED) is 0.255. The lowest BCUT2D eigenvalue weighted by atomic mass is 10.0. The normalized spacial score (nSPS) is 10.9. The molecule has 0 spiro atoms. The highest BCUT2D eigenvalue weighted by Crippen LogP contribution is 2.26. The van der Waals surface area contributed by atoms with E-state index in [9.17, 15) is 9.59 Å². The molecule has 9 heteroatoms. The van der Waals surface area contributed by atoms with Crippen molar-refractivity contribution in [1.82, 2.24) is 20.2 Å². The number of carbonyl (C=O) groups is 2. The Kier molecular flexibility index (Phi) is 5.80. The van der Waals surface area contributed by atoms with Crippen molar-refractivity contribution in [3.8, 4) is 11.1 Å². The zero-order valence-corrected chi connectivity index (χ0v) is 19.7. The van der Waals surface area contributed by atoms with Gasteiger partial charge in [-0.1, -0.05) is 23.7 Å². The first-order valence-corrected chi connectivity index (χ1v) is 11.2. The fourth-order valence-electron chi connectivity index (χ4n) is 3.95. The molecule has 0 atom stereocenters. The van der Waals surface area contributed by atoms with Crippen molar-refractivity contribution < 1.29 is 9.59 Å². The number of pyridine rings is 1. The number of nitrogens with one attached hydrogen (secondary N) is 4. The number of aromatic nitrogens is 4. The van der Waals surface area contributed by atoms with Gasteiger partial charge in [0.05, 0.1) is 28.2 Å². The van der Waals surface area contributed by atoms with Gasteiger partial charge >= 0.3 is 0 Å². The van der Waals surface area contributed by atoms with Crippen LogP contribution in [0.4, 0.5) is 11.4 Å². The van der Waals surface area contributed by atoms with Crippen LogP contribution in [-0.4, -0.2) is 32.0 Å². The predicted octanol–water partition coefficient (Wildman–Crippen LogP) is 5.73. The van der Waals surface area contributed by atoms with E-state index in [1.54, 1.807) is 42.7 Å². The van der Waals surface area contributed by atoms with Crippen LogP contribution in [0.3, 0.4) is 0 Å². The molecule has 2 aromatic carbocycles. The summed E-state index contributed by atoms with van der Waals surface area (Å²) in [5, 5.41) is 14.0. The van der Waals surface area contributed by atoms with Crippen molar-refractivity contribution in [2.24, 2.45) is 0 Å². The van der Waals surface area contributed by atoms with E-state index in [0.29, 0.717) is 16.9 Å². The SMILES string of the molecule is Cc1n[nH]c(C)c1-c1ccc(C(=O)Nc2ccc(Cl)c(C(=O)Nc3cnc4[nH]ccc4c3)c2)cc1. The molecule has 3 aromatic heterocycles. The predicted molar refractivity (Wildman–Crippen MR) is 137 cm³/mol. The third kappa shape index (κ3) is 4.51. The van der Waals surface area contributed by atoms with E-state index in [1.807, 2.05) is 38.1 Å². The lowest BCUT2D eigenvalue weighted by Gasteiger charge is -2.11. The minimum absolute atomic E-state index is 0.236. The average molecular weight is 485 g/mol. The Morgan fingerprint density at radius 2 is 1.69 bits per heavy atom. The fraction of sp³-hybridized carbons (Fsp3) is 0.0769. The van der Waals surface area contributed by atoms with E-state index in [2.05, 4.69) is 30.8 Å². The first-order valence-electron chi connectivity index (χ1n) is 10.9. The minimum atomic E-state index is -0.405. The number of nitrogens with zero attached hydrogens (tertiary/aromatic N) is 2. The highest BCUT2D eigenvalue weighted by molar-refractivity contribution is 6.34. The minimum Gasteiger partial charge on any atom is -0.346 e. The van der Waals surface area contributed by atoms with E-state index < -0.39 is 5.91 Å². The molecule has 0 unspecified atom stereocenters. The summed E-state index contributed by atoms with van der Waals surface area (Å²) in [6.45, 7) is 3.89.